The van der Waals surface area contributed by atoms with Crippen molar-refractivity contribution < 1.29 is 14.3 Å². The van der Waals surface area contributed by atoms with Crippen molar-refractivity contribution in [3.8, 4) is 11.5 Å². The Hall–Kier alpha value is -2.69. The van der Waals surface area contributed by atoms with Gasteiger partial charge in [0.1, 0.15) is 11.5 Å². The molecule has 0 fully saturated rings. The first-order valence-corrected chi connectivity index (χ1v) is 7.99. The highest BCUT2D eigenvalue weighted by Crippen LogP contribution is 2.28. The molecule has 2 rings (SSSR count). The van der Waals surface area contributed by atoms with Crippen LogP contribution in [-0.4, -0.2) is 33.2 Å². The number of anilines is 1. The first kappa shape index (κ1) is 17.7. The zero-order valence-electron chi connectivity index (χ0n) is 14.2. The van der Waals surface area contributed by atoms with E-state index >= 15 is 0 Å². The van der Waals surface area contributed by atoms with E-state index in [2.05, 4.69) is 22.8 Å². The van der Waals surface area contributed by atoms with Gasteiger partial charge in [-0.3, -0.25) is 4.79 Å². The molecule has 0 saturated heterocycles. The molecule has 0 aliphatic rings. The van der Waals surface area contributed by atoms with Gasteiger partial charge in [0.15, 0.2) is 0 Å². The Balaban J connectivity index is 1.72. The van der Waals surface area contributed by atoms with E-state index in [0.717, 1.165) is 23.6 Å². The van der Waals surface area contributed by atoms with Gasteiger partial charge in [-0.1, -0.05) is 30.3 Å². The van der Waals surface area contributed by atoms with Crippen LogP contribution in [0.2, 0.25) is 0 Å². The lowest BCUT2D eigenvalue weighted by Gasteiger charge is -2.12. The van der Waals surface area contributed by atoms with E-state index in [1.165, 1.54) is 5.56 Å². The number of hydrogen-bond acceptors (Lipinski definition) is 4. The van der Waals surface area contributed by atoms with Gasteiger partial charge in [-0.15, -0.1) is 0 Å². The maximum atomic E-state index is 11.9. The molecule has 2 aromatic rings. The van der Waals surface area contributed by atoms with Gasteiger partial charge in [0.25, 0.3) is 0 Å². The van der Waals surface area contributed by atoms with Crippen molar-refractivity contribution in [2.75, 3.05) is 32.6 Å². The molecule has 5 nitrogen and oxygen atoms in total. The number of rotatable bonds is 9. The van der Waals surface area contributed by atoms with Crippen LogP contribution in [0.5, 0.6) is 11.5 Å². The first-order valence-electron chi connectivity index (χ1n) is 7.99. The highest BCUT2D eigenvalue weighted by Gasteiger charge is 2.06. The number of hydrogen-bond donors (Lipinski definition) is 2. The van der Waals surface area contributed by atoms with Crippen LogP contribution in [0.15, 0.2) is 48.5 Å². The van der Waals surface area contributed by atoms with E-state index in [1.54, 1.807) is 14.2 Å². The lowest BCUT2D eigenvalue weighted by molar-refractivity contribution is -0.120. The number of nitrogens with one attached hydrogen (secondary N) is 2. The van der Waals surface area contributed by atoms with E-state index in [-0.39, 0.29) is 5.91 Å². The molecule has 24 heavy (non-hydrogen) atoms. The largest absolute Gasteiger partial charge is 0.497 e. The van der Waals surface area contributed by atoms with Gasteiger partial charge < -0.3 is 20.1 Å². The van der Waals surface area contributed by atoms with E-state index in [0.29, 0.717) is 19.5 Å². The van der Waals surface area contributed by atoms with Crippen LogP contribution in [0.3, 0.4) is 0 Å². The number of carbonyl (C=O) groups excluding carboxylic acids is 1. The van der Waals surface area contributed by atoms with Gasteiger partial charge in [-0.05, 0) is 24.1 Å². The summed E-state index contributed by atoms with van der Waals surface area (Å²) in [6.07, 6.45) is 1.23. The summed E-state index contributed by atoms with van der Waals surface area (Å²) in [5.74, 6) is 1.49. The highest BCUT2D eigenvalue weighted by atomic mass is 16.5. The maximum absolute atomic E-state index is 11.9. The molecule has 0 aliphatic heterocycles. The lowest BCUT2D eigenvalue weighted by Crippen LogP contribution is -2.27. The second kappa shape index (κ2) is 9.45. The summed E-state index contributed by atoms with van der Waals surface area (Å²) in [7, 11) is 3.23. The maximum Gasteiger partial charge on any atom is 0.221 e. The quantitative estimate of drug-likeness (QED) is 0.743. The average Bonchev–Trinajstić information content (AvgIpc) is 2.62. The molecule has 1 amide bonds. The molecule has 0 aromatic heterocycles. The third-order valence-electron chi connectivity index (χ3n) is 3.65. The summed E-state index contributed by atoms with van der Waals surface area (Å²) >= 11 is 0. The van der Waals surface area contributed by atoms with Gasteiger partial charge in [-0.25, -0.2) is 0 Å². The Bertz CT molecular complexity index is 644. The van der Waals surface area contributed by atoms with Crippen LogP contribution in [0.4, 0.5) is 5.69 Å². The number of benzene rings is 2. The fourth-order valence-electron chi connectivity index (χ4n) is 2.34. The molecular weight excluding hydrogens is 304 g/mol. The summed E-state index contributed by atoms with van der Waals surface area (Å²) in [6, 6.07) is 15.6. The highest BCUT2D eigenvalue weighted by molar-refractivity contribution is 5.76. The molecule has 0 radical (unpaired) electrons. The Kier molecular flexibility index (Phi) is 6.95. The molecule has 2 N–H and O–H groups in total. The number of ether oxygens (including phenoxy) is 2. The Labute approximate surface area is 143 Å². The topological polar surface area (TPSA) is 59.6 Å². The molecule has 0 bridgehead atoms. The molecule has 0 unspecified atom stereocenters. The van der Waals surface area contributed by atoms with Crippen molar-refractivity contribution in [3.05, 3.63) is 54.1 Å². The van der Waals surface area contributed by atoms with Crippen LogP contribution in [0, 0.1) is 0 Å². The van der Waals surface area contributed by atoms with Crippen molar-refractivity contribution in [1.82, 2.24) is 5.32 Å². The molecular formula is C19H24N2O3. The van der Waals surface area contributed by atoms with Crippen LogP contribution in [-0.2, 0) is 11.2 Å². The van der Waals surface area contributed by atoms with Crippen LogP contribution < -0.4 is 20.1 Å². The first-order chi connectivity index (χ1) is 11.7. The Morgan fingerprint density at radius 2 is 1.79 bits per heavy atom. The van der Waals surface area contributed by atoms with Gasteiger partial charge in [0.2, 0.25) is 5.91 Å². The van der Waals surface area contributed by atoms with E-state index in [9.17, 15) is 4.79 Å². The van der Waals surface area contributed by atoms with Crippen molar-refractivity contribution >= 4 is 11.6 Å². The molecule has 0 saturated carbocycles. The fraction of sp³-hybridized carbons (Fsp3) is 0.316. The number of amides is 1. The fourth-order valence-corrected chi connectivity index (χ4v) is 2.34. The molecule has 2 aromatic carbocycles. The van der Waals surface area contributed by atoms with Crippen molar-refractivity contribution in [2.45, 2.75) is 12.8 Å². The summed E-state index contributed by atoms with van der Waals surface area (Å²) in [5.41, 5.74) is 2.03. The number of methoxy groups -OCH3 is 2. The molecule has 0 spiro atoms. The second-order valence-corrected chi connectivity index (χ2v) is 5.33. The van der Waals surface area contributed by atoms with Crippen molar-refractivity contribution in [3.63, 3.8) is 0 Å². The summed E-state index contributed by atoms with van der Waals surface area (Å²) in [5, 5.41) is 6.15. The molecule has 0 atom stereocenters. The zero-order valence-corrected chi connectivity index (χ0v) is 14.2. The van der Waals surface area contributed by atoms with Gasteiger partial charge in [0, 0.05) is 25.6 Å². The van der Waals surface area contributed by atoms with Gasteiger partial charge >= 0.3 is 0 Å². The normalized spacial score (nSPS) is 10.1. The average molecular weight is 328 g/mol. The third-order valence-corrected chi connectivity index (χ3v) is 3.65. The van der Waals surface area contributed by atoms with Crippen LogP contribution >= 0.6 is 0 Å². The minimum absolute atomic E-state index is 0.0281. The monoisotopic (exact) mass is 328 g/mol. The van der Waals surface area contributed by atoms with Crippen LogP contribution in [0.25, 0.3) is 0 Å². The number of carbonyl (C=O) groups is 1. The molecule has 0 aliphatic carbocycles. The summed E-state index contributed by atoms with van der Waals surface area (Å²) < 4.78 is 10.5. The summed E-state index contributed by atoms with van der Waals surface area (Å²) in [4.78, 5) is 11.9. The molecule has 5 heteroatoms. The SMILES string of the molecule is COc1ccc(OC)c(NCCC(=O)NCCc2ccccc2)c1. The molecule has 0 heterocycles. The minimum atomic E-state index is 0.0281. The van der Waals surface area contributed by atoms with Gasteiger partial charge in [-0.2, -0.15) is 0 Å². The van der Waals surface area contributed by atoms with Crippen molar-refractivity contribution in [1.29, 1.82) is 0 Å². The van der Waals surface area contributed by atoms with E-state index in [1.807, 2.05) is 36.4 Å². The van der Waals surface area contributed by atoms with Crippen LogP contribution in [0.1, 0.15) is 12.0 Å². The predicted molar refractivity (Wildman–Crippen MR) is 95.8 cm³/mol. The second-order valence-electron chi connectivity index (χ2n) is 5.33. The molecule has 128 valence electrons. The predicted octanol–water partition coefficient (Wildman–Crippen LogP) is 2.86. The Morgan fingerprint density at radius 3 is 2.50 bits per heavy atom. The zero-order chi connectivity index (χ0) is 17.2. The van der Waals surface area contributed by atoms with E-state index < -0.39 is 0 Å². The van der Waals surface area contributed by atoms with Crippen molar-refractivity contribution in [2.24, 2.45) is 0 Å². The lowest BCUT2D eigenvalue weighted by atomic mass is 10.1. The minimum Gasteiger partial charge on any atom is -0.497 e. The van der Waals surface area contributed by atoms with Gasteiger partial charge in [0.05, 0.1) is 19.9 Å². The smallest absolute Gasteiger partial charge is 0.221 e. The van der Waals surface area contributed by atoms with E-state index in [4.69, 9.17) is 9.47 Å². The third kappa shape index (κ3) is 5.50. The summed E-state index contributed by atoms with van der Waals surface area (Å²) in [6.45, 7) is 1.17. The Morgan fingerprint density at radius 1 is 1.00 bits per heavy atom. The standard InChI is InChI=1S/C19H24N2O3/c1-23-16-8-9-18(24-2)17(14-16)20-13-11-19(22)21-12-10-15-6-4-3-5-7-15/h3-9,14,20H,10-13H2,1-2H3,(H,21,22).